The standard InChI is InChI=1S/C10H21N3O2S2/c1-12(8-10(11)16)6-9-4-3-5-13(7-9)17(2,14)15/h9H,3-8H2,1-2H3,(H2,11,16). The second-order valence-electron chi connectivity index (χ2n) is 4.79. The van der Waals surface area contributed by atoms with E-state index in [0.717, 1.165) is 19.4 Å². The van der Waals surface area contributed by atoms with Gasteiger partial charge in [0.1, 0.15) is 0 Å². The van der Waals surface area contributed by atoms with Crippen LogP contribution < -0.4 is 5.73 Å². The summed E-state index contributed by atoms with van der Waals surface area (Å²) in [5.74, 6) is 0.373. The van der Waals surface area contributed by atoms with Crippen LogP contribution in [0.4, 0.5) is 0 Å². The van der Waals surface area contributed by atoms with Crippen molar-refractivity contribution >= 4 is 27.2 Å². The van der Waals surface area contributed by atoms with Gasteiger partial charge in [0.2, 0.25) is 10.0 Å². The molecule has 0 radical (unpaired) electrons. The Labute approximate surface area is 109 Å². The van der Waals surface area contributed by atoms with Crippen molar-refractivity contribution in [1.82, 2.24) is 9.21 Å². The summed E-state index contributed by atoms with van der Waals surface area (Å²) in [6.07, 6.45) is 3.26. The molecule has 0 bridgehead atoms. The predicted molar refractivity (Wildman–Crippen MR) is 73.4 cm³/mol. The molecule has 17 heavy (non-hydrogen) atoms. The van der Waals surface area contributed by atoms with Crippen LogP contribution >= 0.6 is 12.2 Å². The third kappa shape index (κ3) is 5.29. The quantitative estimate of drug-likeness (QED) is 0.711. The highest BCUT2D eigenvalue weighted by Gasteiger charge is 2.26. The number of rotatable bonds is 5. The summed E-state index contributed by atoms with van der Waals surface area (Å²) in [6.45, 7) is 2.68. The fourth-order valence-electron chi connectivity index (χ4n) is 2.25. The summed E-state index contributed by atoms with van der Waals surface area (Å²) in [5.41, 5.74) is 5.48. The maximum absolute atomic E-state index is 11.5. The van der Waals surface area contributed by atoms with E-state index in [1.807, 2.05) is 7.05 Å². The van der Waals surface area contributed by atoms with E-state index in [-0.39, 0.29) is 0 Å². The second-order valence-corrected chi connectivity index (χ2v) is 7.30. The Hall–Kier alpha value is -0.240. The Bertz CT molecular complexity index is 370. The van der Waals surface area contributed by atoms with Crippen molar-refractivity contribution in [3.05, 3.63) is 0 Å². The van der Waals surface area contributed by atoms with Gasteiger partial charge in [0, 0.05) is 26.2 Å². The van der Waals surface area contributed by atoms with Gasteiger partial charge in [-0.05, 0) is 25.8 Å². The number of hydrogen-bond acceptors (Lipinski definition) is 4. The van der Waals surface area contributed by atoms with E-state index < -0.39 is 10.0 Å². The minimum atomic E-state index is -3.05. The first-order chi connectivity index (χ1) is 7.79. The first kappa shape index (κ1) is 14.8. The second kappa shape index (κ2) is 6.08. The molecule has 100 valence electrons. The molecule has 0 spiro atoms. The van der Waals surface area contributed by atoms with Crippen LogP contribution in [-0.4, -0.2) is 62.1 Å². The lowest BCUT2D eigenvalue weighted by molar-refractivity contribution is 0.212. The molecule has 0 aliphatic carbocycles. The van der Waals surface area contributed by atoms with Gasteiger partial charge in [0.05, 0.1) is 11.2 Å². The maximum atomic E-state index is 11.5. The summed E-state index contributed by atoms with van der Waals surface area (Å²) >= 11 is 4.85. The Kier molecular flexibility index (Phi) is 5.30. The normalized spacial score (nSPS) is 22.9. The van der Waals surface area contributed by atoms with Crippen LogP contribution in [0.2, 0.25) is 0 Å². The molecule has 1 saturated heterocycles. The van der Waals surface area contributed by atoms with E-state index in [9.17, 15) is 8.42 Å². The van der Waals surface area contributed by atoms with E-state index in [1.54, 1.807) is 4.31 Å². The average molecular weight is 279 g/mol. The largest absolute Gasteiger partial charge is 0.392 e. The predicted octanol–water partition coefficient (Wildman–Crippen LogP) is -0.124. The molecule has 0 aromatic rings. The minimum Gasteiger partial charge on any atom is -0.392 e. The molecule has 1 heterocycles. The van der Waals surface area contributed by atoms with Gasteiger partial charge in [-0.1, -0.05) is 12.2 Å². The zero-order chi connectivity index (χ0) is 13.1. The third-order valence-electron chi connectivity index (χ3n) is 2.95. The molecule has 1 rings (SSSR count). The van der Waals surface area contributed by atoms with E-state index >= 15 is 0 Å². The van der Waals surface area contributed by atoms with Crippen molar-refractivity contribution in [2.24, 2.45) is 11.7 Å². The van der Waals surface area contributed by atoms with Gasteiger partial charge in [0.15, 0.2) is 0 Å². The summed E-state index contributed by atoms with van der Waals surface area (Å²) < 4.78 is 24.5. The summed E-state index contributed by atoms with van der Waals surface area (Å²) in [7, 11) is -1.10. The van der Waals surface area contributed by atoms with Gasteiger partial charge >= 0.3 is 0 Å². The summed E-state index contributed by atoms with van der Waals surface area (Å²) in [4.78, 5) is 2.53. The van der Waals surface area contributed by atoms with Crippen molar-refractivity contribution in [3.8, 4) is 0 Å². The van der Waals surface area contributed by atoms with E-state index in [2.05, 4.69) is 4.90 Å². The number of sulfonamides is 1. The number of nitrogens with two attached hydrogens (primary N) is 1. The highest BCUT2D eigenvalue weighted by molar-refractivity contribution is 7.88. The van der Waals surface area contributed by atoms with Gasteiger partial charge in [-0.25, -0.2) is 12.7 Å². The Morgan fingerprint density at radius 2 is 2.24 bits per heavy atom. The molecule has 0 amide bonds. The molecule has 0 aromatic heterocycles. The molecule has 2 N–H and O–H groups in total. The molecule has 1 aliphatic heterocycles. The van der Waals surface area contributed by atoms with Crippen LogP contribution in [0.1, 0.15) is 12.8 Å². The molecular formula is C10H21N3O2S2. The monoisotopic (exact) mass is 279 g/mol. The minimum absolute atomic E-state index is 0.373. The SMILES string of the molecule is CN(CC(N)=S)CC1CCCN(S(C)(=O)=O)C1. The van der Waals surface area contributed by atoms with Crippen LogP contribution in [0.5, 0.6) is 0 Å². The molecule has 1 aliphatic rings. The van der Waals surface area contributed by atoms with Crippen LogP contribution in [-0.2, 0) is 10.0 Å². The lowest BCUT2D eigenvalue weighted by atomic mass is 9.99. The first-order valence-electron chi connectivity index (χ1n) is 5.71. The maximum Gasteiger partial charge on any atom is 0.211 e. The van der Waals surface area contributed by atoms with Crippen LogP contribution in [0.25, 0.3) is 0 Å². The zero-order valence-corrected chi connectivity index (χ0v) is 12.1. The van der Waals surface area contributed by atoms with Gasteiger partial charge in [-0.15, -0.1) is 0 Å². The van der Waals surface area contributed by atoms with E-state index in [0.29, 0.717) is 30.5 Å². The third-order valence-corrected chi connectivity index (χ3v) is 4.35. The molecule has 5 nitrogen and oxygen atoms in total. The highest BCUT2D eigenvalue weighted by Crippen LogP contribution is 2.19. The molecule has 1 atom stereocenters. The fourth-order valence-corrected chi connectivity index (χ4v) is 3.41. The van der Waals surface area contributed by atoms with E-state index in [1.165, 1.54) is 6.26 Å². The number of likely N-dealkylation sites (N-methyl/N-ethyl adjacent to an activating group) is 1. The molecule has 7 heteroatoms. The van der Waals surface area contributed by atoms with Crippen LogP contribution in [0.3, 0.4) is 0 Å². The van der Waals surface area contributed by atoms with Crippen molar-refractivity contribution in [2.45, 2.75) is 12.8 Å². The highest BCUT2D eigenvalue weighted by atomic mass is 32.2. The Balaban J connectivity index is 2.47. The average Bonchev–Trinajstić information content (AvgIpc) is 2.15. The number of piperidine rings is 1. The first-order valence-corrected chi connectivity index (χ1v) is 7.96. The summed E-state index contributed by atoms with van der Waals surface area (Å²) in [5, 5.41) is 0. The van der Waals surface area contributed by atoms with Gasteiger partial charge < -0.3 is 5.73 Å². The van der Waals surface area contributed by atoms with Gasteiger partial charge in [-0.2, -0.15) is 0 Å². The van der Waals surface area contributed by atoms with Crippen molar-refractivity contribution < 1.29 is 8.42 Å². The lowest BCUT2D eigenvalue weighted by Gasteiger charge is -2.33. The molecule has 1 fully saturated rings. The smallest absolute Gasteiger partial charge is 0.211 e. The Morgan fingerprint density at radius 3 is 2.76 bits per heavy atom. The van der Waals surface area contributed by atoms with E-state index in [4.69, 9.17) is 18.0 Å². The van der Waals surface area contributed by atoms with Crippen molar-refractivity contribution in [2.75, 3.05) is 39.5 Å². The van der Waals surface area contributed by atoms with Gasteiger partial charge in [0.25, 0.3) is 0 Å². The Morgan fingerprint density at radius 1 is 1.59 bits per heavy atom. The topological polar surface area (TPSA) is 66.6 Å². The molecule has 0 aromatic carbocycles. The van der Waals surface area contributed by atoms with Crippen molar-refractivity contribution in [3.63, 3.8) is 0 Å². The van der Waals surface area contributed by atoms with Crippen LogP contribution in [0.15, 0.2) is 0 Å². The number of nitrogens with zero attached hydrogens (tertiary/aromatic N) is 2. The zero-order valence-electron chi connectivity index (χ0n) is 10.4. The molecular weight excluding hydrogens is 258 g/mol. The number of hydrogen-bond donors (Lipinski definition) is 1. The number of thiocarbonyl (C=S) groups is 1. The molecule has 1 unspecified atom stereocenters. The van der Waals surface area contributed by atoms with Gasteiger partial charge in [-0.3, -0.25) is 4.90 Å². The van der Waals surface area contributed by atoms with Crippen molar-refractivity contribution in [1.29, 1.82) is 0 Å². The lowest BCUT2D eigenvalue weighted by Crippen LogP contribution is -2.43. The fraction of sp³-hybridized carbons (Fsp3) is 0.900. The molecule has 0 saturated carbocycles. The summed E-state index contributed by atoms with van der Waals surface area (Å²) in [6, 6.07) is 0. The van der Waals surface area contributed by atoms with Crippen LogP contribution in [0, 0.1) is 5.92 Å².